The molecule has 0 amide bonds. The molecule has 0 bridgehead atoms. The van der Waals surface area contributed by atoms with Crippen LogP contribution in [0.2, 0.25) is 0 Å². The molecule has 1 atom stereocenters. The van der Waals surface area contributed by atoms with E-state index >= 15 is 0 Å². The Morgan fingerprint density at radius 3 is 3.06 bits per heavy atom. The first-order valence-electron chi connectivity index (χ1n) is 6.56. The number of aromatic carboxylic acids is 1. The summed E-state index contributed by atoms with van der Waals surface area (Å²) in [7, 11) is 0. The summed E-state index contributed by atoms with van der Waals surface area (Å²) >= 11 is 0. The minimum atomic E-state index is -0.855. The van der Waals surface area contributed by atoms with E-state index in [4.69, 9.17) is 0 Å². The summed E-state index contributed by atoms with van der Waals surface area (Å²) in [6.45, 7) is 2.23. The van der Waals surface area contributed by atoms with Gasteiger partial charge in [0.2, 0.25) is 0 Å². The number of benzene rings is 1. The molecular formula is C15H17NO2. The number of para-hydroxylation sites is 1. The second-order valence-corrected chi connectivity index (χ2v) is 5.13. The Labute approximate surface area is 106 Å². The van der Waals surface area contributed by atoms with Crippen molar-refractivity contribution in [1.82, 2.24) is 4.98 Å². The van der Waals surface area contributed by atoms with Gasteiger partial charge in [-0.2, -0.15) is 0 Å². The summed E-state index contributed by atoms with van der Waals surface area (Å²) in [6, 6.07) is 5.55. The van der Waals surface area contributed by atoms with Gasteiger partial charge in [0.1, 0.15) is 0 Å². The largest absolute Gasteiger partial charge is 0.478 e. The summed E-state index contributed by atoms with van der Waals surface area (Å²) in [5, 5.41) is 10.3. The lowest BCUT2D eigenvalue weighted by Gasteiger charge is -2.20. The van der Waals surface area contributed by atoms with Crippen LogP contribution in [0.1, 0.15) is 41.4 Å². The highest BCUT2D eigenvalue weighted by Gasteiger charge is 2.23. The lowest BCUT2D eigenvalue weighted by molar-refractivity contribution is 0.0699. The van der Waals surface area contributed by atoms with Crippen molar-refractivity contribution in [2.24, 2.45) is 5.92 Å². The molecule has 18 heavy (non-hydrogen) atoms. The highest BCUT2D eigenvalue weighted by Crippen LogP contribution is 2.34. The van der Waals surface area contributed by atoms with E-state index < -0.39 is 5.97 Å². The average Bonchev–Trinajstić information content (AvgIpc) is 2.75. The molecule has 1 aromatic carbocycles. The van der Waals surface area contributed by atoms with Crippen molar-refractivity contribution in [3.8, 4) is 0 Å². The first kappa shape index (κ1) is 11.3. The second kappa shape index (κ2) is 4.16. The van der Waals surface area contributed by atoms with Crippen molar-refractivity contribution in [1.29, 1.82) is 0 Å². The highest BCUT2D eigenvalue weighted by atomic mass is 16.4. The van der Waals surface area contributed by atoms with Crippen LogP contribution in [0.5, 0.6) is 0 Å². The van der Waals surface area contributed by atoms with Crippen molar-refractivity contribution in [2.45, 2.75) is 32.6 Å². The fourth-order valence-corrected chi connectivity index (χ4v) is 3.04. The fourth-order valence-electron chi connectivity index (χ4n) is 3.04. The lowest BCUT2D eigenvalue weighted by atomic mass is 9.85. The number of aromatic amines is 1. The summed E-state index contributed by atoms with van der Waals surface area (Å²) in [5.41, 5.74) is 3.76. The Bertz CT molecular complexity index is 612. The minimum absolute atomic E-state index is 0.384. The third kappa shape index (κ3) is 1.62. The quantitative estimate of drug-likeness (QED) is 0.849. The Morgan fingerprint density at radius 2 is 2.33 bits per heavy atom. The van der Waals surface area contributed by atoms with Gasteiger partial charge in [0.05, 0.1) is 11.1 Å². The third-order valence-corrected chi connectivity index (χ3v) is 4.13. The van der Waals surface area contributed by atoms with E-state index in [1.165, 1.54) is 24.1 Å². The van der Waals surface area contributed by atoms with Crippen molar-refractivity contribution in [3.63, 3.8) is 0 Å². The molecule has 2 aromatic rings. The SMILES string of the molecule is CCC1CCc2[nH]c3c(C(=O)O)cccc3c2C1. The van der Waals surface area contributed by atoms with Crippen molar-refractivity contribution in [2.75, 3.05) is 0 Å². The van der Waals surface area contributed by atoms with Gasteiger partial charge in [-0.3, -0.25) is 0 Å². The van der Waals surface area contributed by atoms with Crippen molar-refractivity contribution in [3.05, 3.63) is 35.0 Å². The third-order valence-electron chi connectivity index (χ3n) is 4.13. The number of nitrogens with one attached hydrogen (secondary N) is 1. The molecule has 0 saturated heterocycles. The molecule has 1 unspecified atom stereocenters. The molecule has 1 aromatic heterocycles. The molecule has 0 spiro atoms. The summed E-state index contributed by atoms with van der Waals surface area (Å²) in [4.78, 5) is 14.6. The standard InChI is InChI=1S/C15H17NO2/c1-2-9-6-7-13-12(8-9)10-4-3-5-11(15(17)18)14(10)16-13/h3-5,9,16H,2,6-8H2,1H3,(H,17,18). The molecule has 0 saturated carbocycles. The number of hydrogen-bond donors (Lipinski definition) is 2. The van der Waals surface area contributed by atoms with Crippen molar-refractivity contribution >= 4 is 16.9 Å². The van der Waals surface area contributed by atoms with Crippen LogP contribution in [0.4, 0.5) is 0 Å². The van der Waals surface area contributed by atoms with Crippen LogP contribution in [0, 0.1) is 5.92 Å². The van der Waals surface area contributed by atoms with Gasteiger partial charge in [-0.25, -0.2) is 4.79 Å². The maximum Gasteiger partial charge on any atom is 0.337 e. The van der Waals surface area contributed by atoms with Gasteiger partial charge in [0.15, 0.2) is 0 Å². The molecule has 0 aliphatic heterocycles. The number of aryl methyl sites for hydroxylation is 1. The monoisotopic (exact) mass is 243 g/mol. The Kier molecular flexibility index (Phi) is 2.62. The number of rotatable bonds is 2. The molecule has 3 nitrogen and oxygen atoms in total. The molecule has 2 N–H and O–H groups in total. The molecule has 94 valence electrons. The second-order valence-electron chi connectivity index (χ2n) is 5.13. The molecular weight excluding hydrogens is 226 g/mol. The van der Waals surface area contributed by atoms with Gasteiger partial charge in [0, 0.05) is 11.1 Å². The lowest BCUT2D eigenvalue weighted by Crippen LogP contribution is -2.12. The minimum Gasteiger partial charge on any atom is -0.478 e. The first-order valence-corrected chi connectivity index (χ1v) is 6.56. The van der Waals surface area contributed by atoms with Crippen molar-refractivity contribution < 1.29 is 9.90 Å². The van der Waals surface area contributed by atoms with Gasteiger partial charge in [-0.05, 0) is 36.8 Å². The Balaban J connectivity index is 2.19. The zero-order valence-corrected chi connectivity index (χ0v) is 10.5. The van der Waals surface area contributed by atoms with Crippen LogP contribution >= 0.6 is 0 Å². The van der Waals surface area contributed by atoms with Gasteiger partial charge in [-0.1, -0.05) is 25.5 Å². The molecule has 1 heterocycles. The summed E-state index contributed by atoms with van der Waals surface area (Å²) < 4.78 is 0. The molecule has 1 aliphatic carbocycles. The Morgan fingerprint density at radius 1 is 1.50 bits per heavy atom. The number of H-pyrrole nitrogens is 1. The number of hydrogen-bond acceptors (Lipinski definition) is 1. The van der Waals surface area contributed by atoms with E-state index in [9.17, 15) is 9.90 Å². The van der Waals surface area contributed by atoms with Gasteiger partial charge in [0.25, 0.3) is 0 Å². The molecule has 3 rings (SSSR count). The smallest absolute Gasteiger partial charge is 0.337 e. The zero-order valence-electron chi connectivity index (χ0n) is 10.5. The van der Waals surface area contributed by atoms with Crippen LogP contribution in [-0.2, 0) is 12.8 Å². The van der Waals surface area contributed by atoms with E-state index in [1.54, 1.807) is 6.07 Å². The molecule has 3 heteroatoms. The van der Waals surface area contributed by atoms with Crippen LogP contribution in [0.15, 0.2) is 18.2 Å². The average molecular weight is 243 g/mol. The van der Waals surface area contributed by atoms with Crippen LogP contribution in [0.25, 0.3) is 10.9 Å². The van der Waals surface area contributed by atoms with Crippen LogP contribution in [0.3, 0.4) is 0 Å². The fraction of sp³-hybridized carbons (Fsp3) is 0.400. The van der Waals surface area contributed by atoms with Gasteiger partial charge < -0.3 is 10.1 Å². The van der Waals surface area contributed by atoms with E-state index in [-0.39, 0.29) is 0 Å². The molecule has 0 fully saturated rings. The van der Waals surface area contributed by atoms with E-state index in [0.29, 0.717) is 5.56 Å². The van der Waals surface area contributed by atoms with Crippen LogP contribution in [-0.4, -0.2) is 16.1 Å². The van der Waals surface area contributed by atoms with Crippen LogP contribution < -0.4 is 0 Å². The number of carbonyl (C=O) groups is 1. The zero-order chi connectivity index (χ0) is 12.7. The van der Waals surface area contributed by atoms with E-state index in [1.807, 2.05) is 12.1 Å². The normalized spacial score (nSPS) is 18.8. The highest BCUT2D eigenvalue weighted by molar-refractivity contribution is 6.03. The number of aromatic nitrogens is 1. The van der Waals surface area contributed by atoms with E-state index in [0.717, 1.165) is 29.7 Å². The predicted molar refractivity (Wildman–Crippen MR) is 71.1 cm³/mol. The molecule has 0 radical (unpaired) electrons. The maximum absolute atomic E-state index is 11.2. The topological polar surface area (TPSA) is 53.1 Å². The van der Waals surface area contributed by atoms with E-state index in [2.05, 4.69) is 11.9 Å². The number of carboxylic acid groups (broad SMARTS) is 1. The molecule has 1 aliphatic rings. The summed E-state index contributed by atoms with van der Waals surface area (Å²) in [5.74, 6) is -0.115. The first-order chi connectivity index (χ1) is 8.70. The van der Waals surface area contributed by atoms with Gasteiger partial charge in [-0.15, -0.1) is 0 Å². The number of fused-ring (bicyclic) bond motifs is 3. The maximum atomic E-state index is 11.2. The summed E-state index contributed by atoms with van der Waals surface area (Å²) in [6.07, 6.45) is 4.53. The van der Waals surface area contributed by atoms with Gasteiger partial charge >= 0.3 is 5.97 Å². The number of carboxylic acids is 1. The Hall–Kier alpha value is -1.77. The predicted octanol–water partition coefficient (Wildman–Crippen LogP) is 3.38.